The highest BCUT2D eigenvalue weighted by Crippen LogP contribution is 2.57. The van der Waals surface area contributed by atoms with Gasteiger partial charge in [-0.05, 0) is 115 Å². The first kappa shape index (κ1) is 28.8. The molecule has 4 aliphatic carbocycles. The number of Topliss-reactive ketones (excluding diaryl/α,β-unsaturated/α-hetero) is 2. The van der Waals surface area contributed by atoms with Crippen molar-refractivity contribution < 1.29 is 9.59 Å². The third-order valence-corrected chi connectivity index (χ3v) is 9.86. The Morgan fingerprint density at radius 3 is 2.00 bits per heavy atom. The van der Waals surface area contributed by atoms with Gasteiger partial charge in [-0.1, -0.05) is 69.4 Å². The molecule has 3 atom stereocenters. The van der Waals surface area contributed by atoms with Crippen LogP contribution in [-0.2, 0) is 9.59 Å². The third-order valence-electron chi connectivity index (χ3n) is 9.86. The van der Waals surface area contributed by atoms with Gasteiger partial charge in [-0.15, -0.1) is 0 Å². The van der Waals surface area contributed by atoms with Gasteiger partial charge in [0, 0.05) is 5.41 Å². The van der Waals surface area contributed by atoms with E-state index in [-0.39, 0.29) is 11.2 Å². The molecule has 0 aromatic carbocycles. The van der Waals surface area contributed by atoms with Crippen molar-refractivity contribution in [2.75, 3.05) is 0 Å². The van der Waals surface area contributed by atoms with Crippen LogP contribution < -0.4 is 0 Å². The Labute approximate surface area is 210 Å². The third kappa shape index (κ3) is 6.82. The molecule has 3 unspecified atom stereocenters. The highest BCUT2D eigenvalue weighted by atomic mass is 16.1. The first-order valence-corrected chi connectivity index (χ1v) is 14.0. The van der Waals surface area contributed by atoms with Gasteiger partial charge in [0.2, 0.25) is 0 Å². The molecule has 0 N–H and O–H groups in total. The molecular formula is C32H52O2. The van der Waals surface area contributed by atoms with Crippen molar-refractivity contribution in [3.05, 3.63) is 34.9 Å². The maximum atomic E-state index is 12.1. The van der Waals surface area contributed by atoms with Gasteiger partial charge in [0.05, 0.1) is 0 Å². The molecule has 0 radical (unpaired) electrons. The molecule has 4 rings (SSSR count). The standard InChI is InChI=1S/C16H26O.C10H16.C6H10O/c1-11-10-14-8-6-5-7-9-15(14)12(2)16(11,4)13(3)17;1-9-5-3-2-4-6-10(9)7-8-10;1-4-5(2)6(3)7/h11-12H,5-10H2,1-4H3;1-8H2;4H,1-3H3/b;;5-4+. The summed E-state index contributed by atoms with van der Waals surface area (Å²) >= 11 is 0. The molecule has 2 heteroatoms. The van der Waals surface area contributed by atoms with E-state index in [0.29, 0.717) is 23.0 Å². The Morgan fingerprint density at radius 1 is 0.882 bits per heavy atom. The molecule has 0 aromatic heterocycles. The van der Waals surface area contributed by atoms with Gasteiger partial charge in [-0.3, -0.25) is 9.59 Å². The van der Waals surface area contributed by atoms with Gasteiger partial charge in [-0.25, -0.2) is 0 Å². The van der Waals surface area contributed by atoms with E-state index in [1.165, 1.54) is 77.0 Å². The second-order valence-electron chi connectivity index (χ2n) is 11.8. The predicted octanol–water partition coefficient (Wildman–Crippen LogP) is 9.35. The Morgan fingerprint density at radius 2 is 1.47 bits per heavy atom. The van der Waals surface area contributed by atoms with Crippen LogP contribution in [0.5, 0.6) is 0 Å². The summed E-state index contributed by atoms with van der Waals surface area (Å²) in [6, 6.07) is 0. The molecule has 2 saturated carbocycles. The molecule has 2 fully saturated rings. The molecule has 0 saturated heterocycles. The minimum absolute atomic E-state index is 0.122. The topological polar surface area (TPSA) is 34.1 Å². The number of rotatable bonds is 2. The zero-order chi connectivity index (χ0) is 25.5. The van der Waals surface area contributed by atoms with Crippen molar-refractivity contribution in [2.24, 2.45) is 22.7 Å². The highest BCUT2D eigenvalue weighted by Gasteiger charge is 2.46. The predicted molar refractivity (Wildman–Crippen MR) is 146 cm³/mol. The van der Waals surface area contributed by atoms with Crippen LogP contribution in [-0.4, -0.2) is 11.6 Å². The van der Waals surface area contributed by atoms with E-state index in [4.69, 9.17) is 0 Å². The van der Waals surface area contributed by atoms with Gasteiger partial charge in [0.25, 0.3) is 0 Å². The van der Waals surface area contributed by atoms with Crippen LogP contribution >= 0.6 is 0 Å². The molecule has 0 amide bonds. The fraction of sp³-hybridized carbons (Fsp3) is 0.750. The Bertz CT molecular complexity index is 807. The molecule has 4 aliphatic rings. The zero-order valence-electron chi connectivity index (χ0n) is 23.4. The number of hydrogen-bond donors (Lipinski definition) is 0. The normalized spacial score (nSPS) is 30.6. The Balaban J connectivity index is 0.000000203. The average molecular weight is 469 g/mol. The monoisotopic (exact) mass is 468 g/mol. The van der Waals surface area contributed by atoms with E-state index in [2.05, 4.69) is 27.4 Å². The van der Waals surface area contributed by atoms with Crippen molar-refractivity contribution in [3.8, 4) is 0 Å². The zero-order valence-corrected chi connectivity index (χ0v) is 23.4. The first-order chi connectivity index (χ1) is 16.0. The quantitative estimate of drug-likeness (QED) is 0.299. The summed E-state index contributed by atoms with van der Waals surface area (Å²) in [5, 5.41) is 0. The number of ketones is 2. The van der Waals surface area contributed by atoms with Crippen LogP contribution in [0, 0.1) is 22.7 Å². The number of carbonyl (C=O) groups is 2. The van der Waals surface area contributed by atoms with Crippen molar-refractivity contribution in [2.45, 2.75) is 132 Å². The largest absolute Gasteiger partial charge is 0.299 e. The molecule has 0 aromatic rings. The molecule has 0 bridgehead atoms. The van der Waals surface area contributed by atoms with Gasteiger partial charge >= 0.3 is 0 Å². The molecule has 192 valence electrons. The van der Waals surface area contributed by atoms with Crippen LogP contribution in [0.2, 0.25) is 0 Å². The summed E-state index contributed by atoms with van der Waals surface area (Å²) in [5.41, 5.74) is 6.30. The molecule has 1 spiro atoms. The van der Waals surface area contributed by atoms with Crippen molar-refractivity contribution in [1.82, 2.24) is 0 Å². The molecular weight excluding hydrogens is 416 g/mol. The second kappa shape index (κ2) is 12.5. The van der Waals surface area contributed by atoms with Crippen LogP contribution in [0.15, 0.2) is 34.9 Å². The smallest absolute Gasteiger partial charge is 0.155 e. The summed E-state index contributed by atoms with van der Waals surface area (Å²) in [4.78, 5) is 22.4. The lowest BCUT2D eigenvalue weighted by molar-refractivity contribution is -0.131. The lowest BCUT2D eigenvalue weighted by atomic mass is 9.58. The van der Waals surface area contributed by atoms with Crippen molar-refractivity contribution in [1.29, 1.82) is 0 Å². The van der Waals surface area contributed by atoms with E-state index in [1.807, 2.05) is 19.9 Å². The minimum Gasteiger partial charge on any atom is -0.299 e. The van der Waals surface area contributed by atoms with E-state index < -0.39 is 0 Å². The summed E-state index contributed by atoms with van der Waals surface area (Å²) in [6.45, 7) is 18.0. The van der Waals surface area contributed by atoms with Crippen molar-refractivity contribution >= 4 is 11.6 Å². The number of hydrogen-bond acceptors (Lipinski definition) is 2. The van der Waals surface area contributed by atoms with Crippen LogP contribution in [0.3, 0.4) is 0 Å². The SMILES string of the molecule is C/C=C(\C)C(C)=O.C=C1CCCCCC12CC2.CC(=O)C1(C)C(C)CC2=C(CCCCC2)C1C. The van der Waals surface area contributed by atoms with Gasteiger partial charge in [-0.2, -0.15) is 0 Å². The Kier molecular flexibility index (Phi) is 10.6. The number of carbonyl (C=O) groups excluding carboxylic acids is 2. The number of allylic oxidation sites excluding steroid dienone is 5. The molecule has 0 heterocycles. The fourth-order valence-electron chi connectivity index (χ4n) is 6.32. The van der Waals surface area contributed by atoms with E-state index in [0.717, 1.165) is 12.0 Å². The minimum atomic E-state index is -0.122. The van der Waals surface area contributed by atoms with Gasteiger partial charge < -0.3 is 0 Å². The van der Waals surface area contributed by atoms with Crippen molar-refractivity contribution in [3.63, 3.8) is 0 Å². The summed E-state index contributed by atoms with van der Waals surface area (Å²) < 4.78 is 0. The molecule has 34 heavy (non-hydrogen) atoms. The summed E-state index contributed by atoms with van der Waals surface area (Å²) in [6.07, 6.45) is 19.5. The summed E-state index contributed by atoms with van der Waals surface area (Å²) in [5.74, 6) is 1.50. The Hall–Kier alpha value is -1.44. The fourth-order valence-corrected chi connectivity index (χ4v) is 6.32. The maximum Gasteiger partial charge on any atom is 0.155 e. The second-order valence-corrected chi connectivity index (χ2v) is 11.8. The van der Waals surface area contributed by atoms with E-state index in [9.17, 15) is 9.59 Å². The lowest BCUT2D eigenvalue weighted by Crippen LogP contribution is -2.43. The molecule has 0 aliphatic heterocycles. The summed E-state index contributed by atoms with van der Waals surface area (Å²) in [7, 11) is 0. The lowest BCUT2D eigenvalue weighted by Gasteiger charge is -2.45. The van der Waals surface area contributed by atoms with E-state index >= 15 is 0 Å². The maximum absolute atomic E-state index is 12.1. The molecule has 2 nitrogen and oxygen atoms in total. The first-order valence-electron chi connectivity index (χ1n) is 14.0. The highest BCUT2D eigenvalue weighted by molar-refractivity contribution is 5.92. The van der Waals surface area contributed by atoms with Crippen LogP contribution in [0.25, 0.3) is 0 Å². The van der Waals surface area contributed by atoms with Gasteiger partial charge in [0.15, 0.2) is 5.78 Å². The van der Waals surface area contributed by atoms with Gasteiger partial charge in [0.1, 0.15) is 5.78 Å². The van der Waals surface area contributed by atoms with Crippen LogP contribution in [0.1, 0.15) is 132 Å². The average Bonchev–Trinajstić information content (AvgIpc) is 3.63. The van der Waals surface area contributed by atoms with E-state index in [1.54, 1.807) is 30.6 Å². The van der Waals surface area contributed by atoms with Crippen LogP contribution in [0.4, 0.5) is 0 Å².